The average molecular weight is 1520 g/mol. The lowest BCUT2D eigenvalue weighted by atomic mass is 9.86. The molecule has 3 aliphatic heterocycles. The summed E-state index contributed by atoms with van der Waals surface area (Å²) in [6.45, 7) is 6.57. The first-order chi connectivity index (χ1) is 51.9. The van der Waals surface area contributed by atoms with Gasteiger partial charge in [0.1, 0.15) is 24.9 Å². The molecule has 574 valence electrons. The molecule has 7 N–H and O–H groups in total. The van der Waals surface area contributed by atoms with Crippen LogP contribution in [0.5, 0.6) is 0 Å². The third kappa shape index (κ3) is 25.0. The number of thioether (sulfide) groups is 1. The lowest BCUT2D eigenvalue weighted by Crippen LogP contribution is -2.52. The number of benzene rings is 2. The SMILES string of the molecule is CC[C@@]1(O)C(=O)OCc2c1cc1n(c2=O)Cc2c-1nc1ccc(NC(=O)CNC(=O)[C@H](Cc3ccccc3)NC(=O)CNC(=O)CNC(=O)COCCOCCOCCOCCOCCOCCOCCOCCOCCn3cc(CNC(=O)CCCC#Cc4cnc(S(C)(=O)=O)nc4)nn3)c3c1c2C=CS3. The molecular formula is C71H87N13O21S2. The van der Waals surface area contributed by atoms with Crippen LogP contribution in [0.2, 0.25) is 0 Å². The Labute approximate surface area is 620 Å². The Hall–Kier alpha value is -9.49. The Bertz CT molecular complexity index is 4320. The predicted molar refractivity (Wildman–Crippen MR) is 384 cm³/mol. The molecule has 0 bridgehead atoms. The van der Waals surface area contributed by atoms with Gasteiger partial charge in [0.25, 0.3) is 5.56 Å². The summed E-state index contributed by atoms with van der Waals surface area (Å²) in [6, 6.07) is 12.8. The van der Waals surface area contributed by atoms with Crippen LogP contribution in [0.15, 0.2) is 87.4 Å². The Kier molecular flexibility index (Phi) is 32.1. The molecule has 0 saturated carbocycles. The summed E-state index contributed by atoms with van der Waals surface area (Å²) in [5.74, 6) is 1.67. The minimum Gasteiger partial charge on any atom is -0.458 e. The molecule has 3 aliphatic rings. The molecule has 0 spiro atoms. The van der Waals surface area contributed by atoms with E-state index in [9.17, 15) is 51.9 Å². The second-order valence-electron chi connectivity index (χ2n) is 24.2. The van der Waals surface area contributed by atoms with Crippen LogP contribution in [-0.2, 0) is 129 Å². The van der Waals surface area contributed by atoms with Crippen LogP contribution in [0.25, 0.3) is 28.4 Å². The van der Waals surface area contributed by atoms with E-state index in [-0.39, 0.29) is 93.1 Å². The van der Waals surface area contributed by atoms with Crippen LogP contribution >= 0.6 is 11.8 Å². The first kappa shape index (κ1) is 81.6. The minimum atomic E-state index is -3.48. The summed E-state index contributed by atoms with van der Waals surface area (Å²) in [6.07, 6.45) is 8.75. The number of unbranched alkanes of at least 4 members (excludes halogenated alkanes) is 1. The van der Waals surface area contributed by atoms with Crippen molar-refractivity contribution < 1.29 is 94.5 Å². The topological polar surface area (TPSA) is 430 Å². The van der Waals surface area contributed by atoms with Gasteiger partial charge >= 0.3 is 5.97 Å². The molecule has 7 heterocycles. The standard InChI is InChI=1S/C71H87N13O21S2/c1-3-71(93)54-37-58-65-52(45-84(58)68(91)53(54)46-105-69(71)92)51-16-35-106-66-56(15-14-55(80-65)64(51)66)78-62(88)43-75-67(90)57(36-48-10-6-4-7-11-48)79-61(87)42-73-60(86)41-74-63(89)47-104-34-33-103-32-31-102-30-29-101-28-27-100-26-25-99-24-23-98-22-21-97-20-19-96-18-17-83-44-50(81-82-83)40-72-59(85)13-9-5-8-12-49-38-76-70(77-39-49)107(2,94)95/h4,6-7,10-11,14-16,35,37-39,44,57,93H,3,5,9,13,17-34,36,40-43,45-47H2,1-2H3,(H,72,85)(H,73,86)(H,74,89)(H,75,90)(H,78,88)(H,79,87)/t57-,71-/m0/s1. The van der Waals surface area contributed by atoms with E-state index in [4.69, 9.17) is 52.4 Å². The number of sulfone groups is 1. The lowest BCUT2D eigenvalue weighted by Gasteiger charge is -2.31. The van der Waals surface area contributed by atoms with Crippen LogP contribution in [0, 0.1) is 11.8 Å². The number of esters is 1. The molecule has 2 aromatic carbocycles. The van der Waals surface area contributed by atoms with Gasteiger partial charge in [-0.15, -0.1) is 5.10 Å². The van der Waals surface area contributed by atoms with E-state index in [2.05, 4.69) is 64.0 Å². The summed E-state index contributed by atoms with van der Waals surface area (Å²) in [7, 11) is -3.48. The van der Waals surface area contributed by atoms with Crippen molar-refractivity contribution >= 4 is 85.7 Å². The fourth-order valence-corrected chi connectivity index (χ4v) is 12.4. The van der Waals surface area contributed by atoms with Crippen molar-refractivity contribution in [2.24, 2.45) is 0 Å². The highest BCUT2D eigenvalue weighted by Gasteiger charge is 2.46. The maximum Gasteiger partial charge on any atom is 0.343 e. The molecule has 4 aromatic heterocycles. The van der Waals surface area contributed by atoms with Crippen LogP contribution in [-0.4, -0.2) is 240 Å². The molecule has 0 radical (unpaired) electrons. The number of carbonyl (C=O) groups excluding carboxylic acids is 7. The normalized spacial score (nSPS) is 14.2. The molecule has 0 unspecified atom stereocenters. The Morgan fingerprint density at radius 3 is 1.96 bits per heavy atom. The summed E-state index contributed by atoms with van der Waals surface area (Å²) in [4.78, 5) is 117. The zero-order valence-corrected chi connectivity index (χ0v) is 61.0. The number of amides is 6. The van der Waals surface area contributed by atoms with E-state index >= 15 is 0 Å². The highest BCUT2D eigenvalue weighted by molar-refractivity contribution is 8.02. The summed E-state index contributed by atoms with van der Waals surface area (Å²) in [5.41, 5.74) is 3.45. The van der Waals surface area contributed by atoms with Gasteiger partial charge < -0.3 is 88.9 Å². The predicted octanol–water partition coefficient (Wildman–Crippen LogP) is 0.643. The van der Waals surface area contributed by atoms with Crippen molar-refractivity contribution in [3.63, 3.8) is 0 Å². The number of hydrogen-bond acceptors (Lipinski definition) is 27. The Balaban J connectivity index is 0.524. The summed E-state index contributed by atoms with van der Waals surface area (Å²) in [5, 5.41) is 37.6. The molecule has 2 atom stereocenters. The zero-order valence-electron chi connectivity index (χ0n) is 59.4. The van der Waals surface area contributed by atoms with Gasteiger partial charge in [0.2, 0.25) is 50.4 Å². The maximum absolute atomic E-state index is 13.8. The zero-order chi connectivity index (χ0) is 75.8. The third-order valence-electron chi connectivity index (χ3n) is 16.4. The van der Waals surface area contributed by atoms with Gasteiger partial charge in [0, 0.05) is 59.3 Å². The molecule has 9 rings (SSSR count). The quantitative estimate of drug-likeness (QED) is 0.0119. The van der Waals surface area contributed by atoms with E-state index < -0.39 is 76.6 Å². The number of nitrogens with zero attached hydrogens (tertiary/aromatic N) is 7. The summed E-state index contributed by atoms with van der Waals surface area (Å²) >= 11 is 1.36. The van der Waals surface area contributed by atoms with Gasteiger partial charge in [-0.2, -0.15) is 0 Å². The van der Waals surface area contributed by atoms with Gasteiger partial charge in [-0.25, -0.2) is 32.8 Å². The first-order valence-corrected chi connectivity index (χ1v) is 37.5. The number of nitrogens with one attached hydrogen (secondary N) is 6. The van der Waals surface area contributed by atoms with E-state index in [1.807, 2.05) is 11.5 Å². The molecular weight excluding hydrogens is 1430 g/mol. The lowest BCUT2D eigenvalue weighted by molar-refractivity contribution is -0.172. The number of pyridine rings is 2. The highest BCUT2D eigenvalue weighted by Crippen LogP contribution is 2.46. The fraction of sp³-hybridized carbons (Fsp3) is 0.479. The number of cyclic esters (lactones) is 1. The Morgan fingerprint density at radius 1 is 0.720 bits per heavy atom. The largest absolute Gasteiger partial charge is 0.458 e. The van der Waals surface area contributed by atoms with E-state index in [1.54, 1.807) is 70.9 Å². The third-order valence-corrected chi connectivity index (χ3v) is 18.2. The van der Waals surface area contributed by atoms with Gasteiger partial charge in [0.15, 0.2) is 5.60 Å². The molecule has 0 aliphatic carbocycles. The van der Waals surface area contributed by atoms with E-state index in [0.717, 1.165) is 22.8 Å². The van der Waals surface area contributed by atoms with Crippen molar-refractivity contribution in [3.05, 3.63) is 122 Å². The number of ether oxygens (including phenoxy) is 10. The van der Waals surface area contributed by atoms with Gasteiger partial charge in [-0.05, 0) is 53.7 Å². The number of hydrogen-bond donors (Lipinski definition) is 7. The number of carbonyl (C=O) groups is 7. The van der Waals surface area contributed by atoms with Gasteiger partial charge in [0.05, 0.1) is 192 Å². The average Bonchev–Trinajstić information content (AvgIpc) is 1.59. The van der Waals surface area contributed by atoms with Crippen molar-refractivity contribution in [2.45, 2.75) is 87.0 Å². The number of rotatable bonds is 47. The van der Waals surface area contributed by atoms with Crippen LogP contribution in [0.1, 0.15) is 71.7 Å². The molecule has 0 fully saturated rings. The van der Waals surface area contributed by atoms with Crippen LogP contribution < -0.4 is 37.5 Å². The second kappa shape index (κ2) is 42.2. The monoisotopic (exact) mass is 1520 g/mol. The number of aliphatic hydroxyl groups is 1. The smallest absolute Gasteiger partial charge is 0.343 e. The molecule has 6 amide bonds. The summed E-state index contributed by atoms with van der Waals surface area (Å²) < 4.78 is 80.9. The molecule has 107 heavy (non-hydrogen) atoms. The Morgan fingerprint density at radius 2 is 1.33 bits per heavy atom. The highest BCUT2D eigenvalue weighted by atomic mass is 32.2. The van der Waals surface area contributed by atoms with E-state index in [0.29, 0.717) is 156 Å². The molecule has 36 heteroatoms. The molecule has 34 nitrogen and oxygen atoms in total. The number of aromatic nitrogens is 7. The number of anilines is 1. The van der Waals surface area contributed by atoms with Gasteiger partial charge in [-0.3, -0.25) is 33.6 Å². The molecule has 0 saturated heterocycles. The molecule has 6 aromatic rings. The van der Waals surface area contributed by atoms with Crippen molar-refractivity contribution in [1.29, 1.82) is 0 Å². The van der Waals surface area contributed by atoms with Crippen molar-refractivity contribution in [2.75, 3.05) is 150 Å². The van der Waals surface area contributed by atoms with E-state index in [1.165, 1.54) is 24.2 Å². The fourth-order valence-electron chi connectivity index (χ4n) is 11.0. The van der Waals surface area contributed by atoms with Crippen LogP contribution in [0.3, 0.4) is 0 Å². The second-order valence-corrected chi connectivity index (χ2v) is 27.1. The van der Waals surface area contributed by atoms with Crippen LogP contribution in [0.4, 0.5) is 5.69 Å². The number of fused-ring (bicyclic) bond motifs is 5. The minimum absolute atomic E-state index is 0.00939. The van der Waals surface area contributed by atoms with Crippen molar-refractivity contribution in [3.8, 4) is 23.2 Å². The maximum atomic E-state index is 13.8. The van der Waals surface area contributed by atoms with Gasteiger partial charge in [-0.1, -0.05) is 66.1 Å². The van der Waals surface area contributed by atoms with Crippen molar-refractivity contribution in [1.82, 2.24) is 61.1 Å². The first-order valence-electron chi connectivity index (χ1n) is 34.7.